The molecule has 0 aromatic heterocycles. The fraction of sp³-hybridized carbons (Fsp3) is 0.500. The normalized spacial score (nSPS) is 17.9. The van der Waals surface area contributed by atoms with E-state index < -0.39 is 17.5 Å². The van der Waals surface area contributed by atoms with Crippen molar-refractivity contribution in [2.75, 3.05) is 25.4 Å². The van der Waals surface area contributed by atoms with Crippen LogP contribution in [0.5, 0.6) is 5.75 Å². The van der Waals surface area contributed by atoms with Crippen LogP contribution in [-0.2, 0) is 0 Å². The van der Waals surface area contributed by atoms with E-state index in [2.05, 4.69) is 9.62 Å². The van der Waals surface area contributed by atoms with Gasteiger partial charge in [0.2, 0.25) is 0 Å². The minimum absolute atomic E-state index is 0.0361. The second-order valence-electron chi connectivity index (χ2n) is 9.27. The maximum atomic E-state index is 14.7. The van der Waals surface area contributed by atoms with E-state index in [-0.39, 0.29) is 16.6 Å². The molecule has 2 fully saturated rings. The summed E-state index contributed by atoms with van der Waals surface area (Å²) in [5.41, 5.74) is 1.48. The molecule has 9 heteroatoms. The molecule has 1 N–H and O–H groups in total. The topological polar surface area (TPSA) is 41.6 Å². The molecule has 35 heavy (non-hydrogen) atoms. The first-order valence-electron chi connectivity index (χ1n) is 12.0. The molecule has 2 aromatic carbocycles. The summed E-state index contributed by atoms with van der Waals surface area (Å²) in [6.07, 6.45) is 3.81. The monoisotopic (exact) mass is 542 g/mol. The van der Waals surface area contributed by atoms with Crippen LogP contribution in [0.2, 0.25) is 10.0 Å². The minimum Gasteiger partial charge on any atom is -0.493 e. The van der Waals surface area contributed by atoms with Gasteiger partial charge in [-0.25, -0.2) is 8.78 Å². The number of hydrogen-bond acceptors (Lipinski definition) is 4. The molecule has 1 saturated heterocycles. The quantitative estimate of drug-likeness (QED) is 0.264. The zero-order valence-electron chi connectivity index (χ0n) is 19.9. The fourth-order valence-corrected chi connectivity index (χ4v) is 5.46. The number of piperidine rings is 1. The van der Waals surface area contributed by atoms with Gasteiger partial charge in [-0.05, 0) is 81.3 Å². The molecule has 0 radical (unpaired) electrons. The molecule has 2 aromatic rings. The number of nitrogens with one attached hydrogen (secondary N) is 1. The predicted octanol–water partition coefficient (Wildman–Crippen LogP) is 7.40. The molecule has 1 aliphatic carbocycles. The lowest BCUT2D eigenvalue weighted by Gasteiger charge is -2.36. The fourth-order valence-electron chi connectivity index (χ4n) is 4.57. The van der Waals surface area contributed by atoms with Gasteiger partial charge in [-0.15, -0.1) is 0 Å². The van der Waals surface area contributed by atoms with Crippen LogP contribution in [0.25, 0.3) is 0 Å². The van der Waals surface area contributed by atoms with Crippen molar-refractivity contribution in [3.05, 3.63) is 62.6 Å². The van der Waals surface area contributed by atoms with Gasteiger partial charge in [0.25, 0.3) is 5.91 Å². The molecule has 1 unspecified atom stereocenters. The SMILES string of the molecule is CCSNC(=O)c1cc(C2CC2)c(OCC2CCN(C(C)c3cc(Cl)cc(Cl)c3F)CC2)cc1F. The number of ether oxygens (including phenoxy) is 1. The Labute approximate surface area is 219 Å². The summed E-state index contributed by atoms with van der Waals surface area (Å²) >= 11 is 13.3. The summed E-state index contributed by atoms with van der Waals surface area (Å²) in [6.45, 7) is 5.94. The highest BCUT2D eigenvalue weighted by molar-refractivity contribution is 7.97. The van der Waals surface area contributed by atoms with Gasteiger partial charge in [-0.3, -0.25) is 14.4 Å². The van der Waals surface area contributed by atoms with Crippen molar-refractivity contribution >= 4 is 41.1 Å². The van der Waals surface area contributed by atoms with E-state index >= 15 is 0 Å². The number of rotatable bonds is 9. The summed E-state index contributed by atoms with van der Waals surface area (Å²) in [4.78, 5) is 14.5. The van der Waals surface area contributed by atoms with Crippen molar-refractivity contribution in [3.63, 3.8) is 0 Å². The van der Waals surface area contributed by atoms with Crippen molar-refractivity contribution < 1.29 is 18.3 Å². The van der Waals surface area contributed by atoms with Gasteiger partial charge in [-0.1, -0.05) is 42.1 Å². The van der Waals surface area contributed by atoms with E-state index in [1.807, 2.05) is 13.8 Å². The largest absolute Gasteiger partial charge is 0.493 e. The molecule has 0 bridgehead atoms. The molecule has 1 saturated carbocycles. The van der Waals surface area contributed by atoms with Crippen LogP contribution < -0.4 is 9.46 Å². The smallest absolute Gasteiger partial charge is 0.264 e. The average Bonchev–Trinajstić information content (AvgIpc) is 3.68. The molecule has 4 nitrogen and oxygen atoms in total. The second kappa shape index (κ2) is 11.7. The number of hydrogen-bond donors (Lipinski definition) is 1. The third-order valence-electron chi connectivity index (χ3n) is 6.81. The lowest BCUT2D eigenvalue weighted by Crippen LogP contribution is -2.37. The molecule has 1 heterocycles. The molecule has 1 amide bonds. The van der Waals surface area contributed by atoms with Gasteiger partial charge in [0.1, 0.15) is 17.4 Å². The van der Waals surface area contributed by atoms with Crippen molar-refractivity contribution in [3.8, 4) is 5.75 Å². The van der Waals surface area contributed by atoms with Crippen molar-refractivity contribution in [1.29, 1.82) is 0 Å². The average molecular weight is 544 g/mol. The van der Waals surface area contributed by atoms with Gasteiger partial charge in [0, 0.05) is 28.4 Å². The first kappa shape index (κ1) is 26.5. The van der Waals surface area contributed by atoms with E-state index in [1.165, 1.54) is 24.1 Å². The molecule has 190 valence electrons. The predicted molar refractivity (Wildman–Crippen MR) is 139 cm³/mol. The van der Waals surface area contributed by atoms with E-state index in [0.29, 0.717) is 40.5 Å². The summed E-state index contributed by atoms with van der Waals surface area (Å²) in [7, 11) is 0. The summed E-state index contributed by atoms with van der Waals surface area (Å²) in [6, 6.07) is 5.93. The zero-order chi connectivity index (χ0) is 25.1. The van der Waals surface area contributed by atoms with Crippen LogP contribution in [-0.4, -0.2) is 36.3 Å². The molecule has 1 aliphatic heterocycles. The summed E-state index contributed by atoms with van der Waals surface area (Å²) in [5.74, 6) is 0.475. The van der Waals surface area contributed by atoms with Gasteiger partial charge in [0.05, 0.1) is 17.2 Å². The maximum absolute atomic E-state index is 14.7. The number of halogens is 4. The number of carbonyl (C=O) groups is 1. The van der Waals surface area contributed by atoms with E-state index in [9.17, 15) is 13.6 Å². The standard InChI is InChI=1S/C26H30Cl2F2N2O2S/c1-3-35-31-26(33)21-12-20(17-4-5-17)24(13-23(21)29)34-14-16-6-8-32(9-7-16)15(2)19-10-18(27)11-22(28)25(19)30/h10-13,15-17H,3-9,14H2,1-2H3,(H,31,33). The third kappa shape index (κ3) is 6.43. The number of carbonyl (C=O) groups excluding carboxylic acids is 1. The molecule has 4 rings (SSSR count). The number of amides is 1. The van der Waals surface area contributed by atoms with Gasteiger partial charge >= 0.3 is 0 Å². The number of likely N-dealkylation sites (tertiary alicyclic amines) is 1. The van der Waals surface area contributed by atoms with Crippen LogP contribution >= 0.6 is 35.1 Å². The Morgan fingerprint density at radius 2 is 1.89 bits per heavy atom. The van der Waals surface area contributed by atoms with E-state index in [1.54, 1.807) is 12.1 Å². The Hall–Kier alpha value is -1.54. The van der Waals surface area contributed by atoms with E-state index in [4.69, 9.17) is 27.9 Å². The Kier molecular flexibility index (Phi) is 8.85. The van der Waals surface area contributed by atoms with Crippen molar-refractivity contribution in [1.82, 2.24) is 9.62 Å². The highest BCUT2D eigenvalue weighted by atomic mass is 35.5. The first-order chi connectivity index (χ1) is 16.8. The van der Waals surface area contributed by atoms with Crippen LogP contribution in [0.1, 0.15) is 73.0 Å². The van der Waals surface area contributed by atoms with E-state index in [0.717, 1.165) is 44.3 Å². The Morgan fingerprint density at radius 3 is 2.54 bits per heavy atom. The molecule has 2 aliphatic rings. The lowest BCUT2D eigenvalue weighted by atomic mass is 9.95. The van der Waals surface area contributed by atoms with Crippen LogP contribution in [0.3, 0.4) is 0 Å². The zero-order valence-corrected chi connectivity index (χ0v) is 22.2. The Morgan fingerprint density at radius 1 is 1.17 bits per heavy atom. The van der Waals surface area contributed by atoms with Crippen LogP contribution in [0.4, 0.5) is 8.78 Å². The van der Waals surface area contributed by atoms with Gasteiger partial charge in [-0.2, -0.15) is 0 Å². The minimum atomic E-state index is -0.565. The second-order valence-corrected chi connectivity index (χ2v) is 11.2. The first-order valence-corrected chi connectivity index (χ1v) is 13.8. The van der Waals surface area contributed by atoms with Gasteiger partial charge < -0.3 is 4.74 Å². The van der Waals surface area contributed by atoms with Gasteiger partial charge in [0.15, 0.2) is 0 Å². The number of benzene rings is 2. The molecule has 1 atom stereocenters. The highest BCUT2D eigenvalue weighted by Gasteiger charge is 2.31. The van der Waals surface area contributed by atoms with Crippen LogP contribution in [0, 0.1) is 17.6 Å². The highest BCUT2D eigenvalue weighted by Crippen LogP contribution is 2.45. The Bertz CT molecular complexity index is 1080. The third-order valence-corrected chi connectivity index (χ3v) is 7.92. The van der Waals surface area contributed by atoms with Crippen molar-refractivity contribution in [2.45, 2.75) is 51.5 Å². The molecular formula is C26H30Cl2F2N2O2S. The maximum Gasteiger partial charge on any atom is 0.264 e. The molecule has 0 spiro atoms. The number of nitrogens with zero attached hydrogens (tertiary/aromatic N) is 1. The summed E-state index contributed by atoms with van der Waals surface area (Å²) < 4.78 is 38.1. The summed E-state index contributed by atoms with van der Waals surface area (Å²) in [5, 5.41) is 0.460. The molecular weight excluding hydrogens is 513 g/mol. The Balaban J connectivity index is 1.36. The van der Waals surface area contributed by atoms with Crippen LogP contribution in [0.15, 0.2) is 24.3 Å². The lowest BCUT2D eigenvalue weighted by molar-refractivity contribution is 0.0979. The van der Waals surface area contributed by atoms with Crippen molar-refractivity contribution in [2.24, 2.45) is 5.92 Å².